The molecule has 0 aromatic carbocycles. The Bertz CT molecular complexity index is 670. The standard InChI is InChI=1S/C15H16ClFN4OS/c16-7-14(22)21-5-3-10(4-6-21)12-9-23-15(19-12)20-13-2-1-11(17)8-18-13/h1-2,8-10H,3-7H2,(H,18,19,20). The van der Waals surface area contributed by atoms with E-state index in [1.807, 2.05) is 5.38 Å². The Hall–Kier alpha value is -1.73. The molecule has 1 N–H and O–H groups in total. The first-order chi connectivity index (χ1) is 11.2. The van der Waals surface area contributed by atoms with Gasteiger partial charge in [0.25, 0.3) is 0 Å². The van der Waals surface area contributed by atoms with Gasteiger partial charge in [-0.3, -0.25) is 4.79 Å². The lowest BCUT2D eigenvalue weighted by Gasteiger charge is -2.30. The van der Waals surface area contributed by atoms with Crippen molar-refractivity contribution in [3.63, 3.8) is 0 Å². The molecule has 2 aromatic heterocycles. The molecular weight excluding hydrogens is 339 g/mol. The van der Waals surface area contributed by atoms with Crippen LogP contribution < -0.4 is 5.32 Å². The van der Waals surface area contributed by atoms with Crippen molar-refractivity contribution in [2.45, 2.75) is 18.8 Å². The number of pyridine rings is 1. The molecule has 3 rings (SSSR count). The fraction of sp³-hybridized carbons (Fsp3) is 0.400. The zero-order chi connectivity index (χ0) is 16.2. The molecule has 1 amide bonds. The summed E-state index contributed by atoms with van der Waals surface area (Å²) in [6.45, 7) is 1.44. The number of nitrogens with zero attached hydrogens (tertiary/aromatic N) is 3. The number of alkyl halides is 1. The Morgan fingerprint density at radius 3 is 2.87 bits per heavy atom. The van der Waals surface area contributed by atoms with Gasteiger partial charge in [-0.1, -0.05) is 0 Å². The molecule has 3 heterocycles. The third kappa shape index (κ3) is 3.97. The fourth-order valence-electron chi connectivity index (χ4n) is 2.60. The van der Waals surface area contributed by atoms with Gasteiger partial charge in [0, 0.05) is 24.4 Å². The zero-order valence-corrected chi connectivity index (χ0v) is 13.9. The van der Waals surface area contributed by atoms with E-state index in [9.17, 15) is 9.18 Å². The monoisotopic (exact) mass is 354 g/mol. The largest absolute Gasteiger partial charge is 0.342 e. The number of hydrogen-bond donors (Lipinski definition) is 1. The van der Waals surface area contributed by atoms with Crippen LogP contribution >= 0.6 is 22.9 Å². The lowest BCUT2D eigenvalue weighted by molar-refractivity contribution is -0.129. The number of thiazole rings is 1. The highest BCUT2D eigenvalue weighted by molar-refractivity contribution is 7.13. The normalized spacial score (nSPS) is 15.7. The lowest BCUT2D eigenvalue weighted by atomic mass is 9.94. The average molecular weight is 355 g/mol. The van der Waals surface area contributed by atoms with Gasteiger partial charge >= 0.3 is 0 Å². The van der Waals surface area contributed by atoms with Crippen LogP contribution in [0.3, 0.4) is 0 Å². The minimum absolute atomic E-state index is 0.00636. The van der Waals surface area contributed by atoms with Crippen molar-refractivity contribution < 1.29 is 9.18 Å². The van der Waals surface area contributed by atoms with Gasteiger partial charge in [-0.2, -0.15) is 0 Å². The predicted molar refractivity (Wildman–Crippen MR) is 88.9 cm³/mol. The maximum atomic E-state index is 12.8. The van der Waals surface area contributed by atoms with E-state index in [1.54, 1.807) is 11.0 Å². The molecule has 0 bridgehead atoms. The van der Waals surface area contributed by atoms with Crippen molar-refractivity contribution in [3.8, 4) is 0 Å². The molecule has 8 heteroatoms. The van der Waals surface area contributed by atoms with Gasteiger partial charge < -0.3 is 10.2 Å². The van der Waals surface area contributed by atoms with Gasteiger partial charge in [-0.25, -0.2) is 14.4 Å². The Morgan fingerprint density at radius 1 is 1.43 bits per heavy atom. The van der Waals surface area contributed by atoms with Crippen LogP contribution in [0.15, 0.2) is 23.7 Å². The topological polar surface area (TPSA) is 58.1 Å². The first kappa shape index (κ1) is 16.1. The summed E-state index contributed by atoms with van der Waals surface area (Å²) in [7, 11) is 0. The molecule has 1 aliphatic heterocycles. The second-order valence-electron chi connectivity index (χ2n) is 5.35. The van der Waals surface area contributed by atoms with E-state index in [2.05, 4.69) is 15.3 Å². The molecule has 0 spiro atoms. The Balaban J connectivity index is 1.59. The molecule has 1 fully saturated rings. The number of hydrogen-bond acceptors (Lipinski definition) is 5. The summed E-state index contributed by atoms with van der Waals surface area (Å²) in [5, 5.41) is 5.83. The maximum Gasteiger partial charge on any atom is 0.237 e. The van der Waals surface area contributed by atoms with Crippen LogP contribution in [0, 0.1) is 5.82 Å². The van der Waals surface area contributed by atoms with Crippen molar-refractivity contribution in [3.05, 3.63) is 35.2 Å². The van der Waals surface area contributed by atoms with Crippen LogP contribution in [0.2, 0.25) is 0 Å². The van der Waals surface area contributed by atoms with Crippen molar-refractivity contribution in [2.75, 3.05) is 24.3 Å². The first-order valence-corrected chi connectivity index (χ1v) is 8.75. The Morgan fingerprint density at radius 2 is 2.22 bits per heavy atom. The van der Waals surface area contributed by atoms with Gasteiger partial charge in [0.2, 0.25) is 5.91 Å². The van der Waals surface area contributed by atoms with Crippen molar-refractivity contribution in [2.24, 2.45) is 0 Å². The summed E-state index contributed by atoms with van der Waals surface area (Å²) in [4.78, 5) is 21.9. The van der Waals surface area contributed by atoms with Gasteiger partial charge in [0.05, 0.1) is 11.9 Å². The minimum Gasteiger partial charge on any atom is -0.342 e. The average Bonchev–Trinajstić information content (AvgIpc) is 3.05. The predicted octanol–water partition coefficient (Wildman–Crippen LogP) is 3.37. The Kier molecular flexibility index (Phi) is 5.07. The summed E-state index contributed by atoms with van der Waals surface area (Å²) in [6.07, 6.45) is 2.95. The minimum atomic E-state index is -0.367. The molecule has 0 radical (unpaired) electrons. The number of carbonyl (C=O) groups is 1. The number of likely N-dealkylation sites (tertiary alicyclic amines) is 1. The number of aromatic nitrogens is 2. The highest BCUT2D eigenvalue weighted by Crippen LogP contribution is 2.31. The number of piperidine rings is 1. The van der Waals surface area contributed by atoms with Gasteiger partial charge in [-0.15, -0.1) is 22.9 Å². The SMILES string of the molecule is O=C(CCl)N1CCC(c2csc(Nc3ccc(F)cn3)n2)CC1. The van der Waals surface area contributed by atoms with Gasteiger partial charge in [0.1, 0.15) is 17.5 Å². The number of amides is 1. The van der Waals surface area contributed by atoms with E-state index >= 15 is 0 Å². The fourth-order valence-corrected chi connectivity index (χ4v) is 3.57. The van der Waals surface area contributed by atoms with Gasteiger partial charge in [0.15, 0.2) is 5.13 Å². The third-order valence-corrected chi connectivity index (χ3v) is 4.87. The van der Waals surface area contributed by atoms with Crippen LogP contribution in [-0.2, 0) is 4.79 Å². The number of carbonyl (C=O) groups excluding carboxylic acids is 1. The summed E-state index contributed by atoms with van der Waals surface area (Å²) in [6, 6.07) is 2.93. The summed E-state index contributed by atoms with van der Waals surface area (Å²) in [5.74, 6) is 0.582. The molecule has 5 nitrogen and oxygen atoms in total. The van der Waals surface area contributed by atoms with Crippen LogP contribution in [0.25, 0.3) is 0 Å². The van der Waals surface area contributed by atoms with Crippen molar-refractivity contribution in [1.82, 2.24) is 14.9 Å². The van der Waals surface area contributed by atoms with Crippen molar-refractivity contribution in [1.29, 1.82) is 0 Å². The lowest BCUT2D eigenvalue weighted by Crippen LogP contribution is -2.38. The van der Waals surface area contributed by atoms with Crippen LogP contribution in [0.4, 0.5) is 15.3 Å². The molecule has 2 aromatic rings. The third-order valence-electron chi connectivity index (χ3n) is 3.86. The van der Waals surface area contributed by atoms with Crippen LogP contribution in [0.5, 0.6) is 0 Å². The zero-order valence-electron chi connectivity index (χ0n) is 12.3. The highest BCUT2D eigenvalue weighted by Gasteiger charge is 2.24. The number of anilines is 2. The molecular formula is C15H16ClFN4OS. The second-order valence-corrected chi connectivity index (χ2v) is 6.48. The molecule has 0 saturated carbocycles. The highest BCUT2D eigenvalue weighted by atomic mass is 35.5. The Labute approximate surface area is 142 Å². The van der Waals surface area contributed by atoms with E-state index in [0.717, 1.165) is 36.8 Å². The van der Waals surface area contributed by atoms with E-state index in [-0.39, 0.29) is 17.6 Å². The van der Waals surface area contributed by atoms with Crippen molar-refractivity contribution >= 4 is 39.8 Å². The molecule has 0 atom stereocenters. The summed E-state index contributed by atoms with van der Waals surface area (Å²) < 4.78 is 12.8. The first-order valence-electron chi connectivity index (χ1n) is 7.33. The van der Waals surface area contributed by atoms with E-state index in [1.165, 1.54) is 23.6 Å². The summed E-state index contributed by atoms with van der Waals surface area (Å²) in [5.41, 5.74) is 1.03. The van der Waals surface area contributed by atoms with Gasteiger partial charge in [-0.05, 0) is 25.0 Å². The number of nitrogens with one attached hydrogen (secondary N) is 1. The van der Waals surface area contributed by atoms with Crippen LogP contribution in [0.1, 0.15) is 24.5 Å². The van der Waals surface area contributed by atoms with E-state index in [0.29, 0.717) is 11.7 Å². The number of halogens is 2. The van der Waals surface area contributed by atoms with E-state index in [4.69, 9.17) is 11.6 Å². The quantitative estimate of drug-likeness (QED) is 0.855. The van der Waals surface area contributed by atoms with Crippen LogP contribution in [-0.4, -0.2) is 39.7 Å². The molecule has 23 heavy (non-hydrogen) atoms. The number of rotatable bonds is 4. The maximum absolute atomic E-state index is 12.8. The molecule has 1 aliphatic rings. The smallest absolute Gasteiger partial charge is 0.237 e. The second kappa shape index (κ2) is 7.23. The molecule has 1 saturated heterocycles. The molecule has 0 aliphatic carbocycles. The molecule has 0 unspecified atom stereocenters. The van der Waals surface area contributed by atoms with E-state index < -0.39 is 0 Å². The summed E-state index contributed by atoms with van der Waals surface area (Å²) >= 11 is 7.09. The molecule has 122 valence electrons.